The molecule has 0 radical (unpaired) electrons. The zero-order valence-electron chi connectivity index (χ0n) is 8.05. The monoisotopic (exact) mass is 249 g/mol. The van der Waals surface area contributed by atoms with Gasteiger partial charge in [-0.15, -0.1) is 0 Å². The molecule has 2 rings (SSSR count). The number of thioether (sulfide) groups is 1. The first kappa shape index (κ1) is 11.8. The van der Waals surface area contributed by atoms with Crippen molar-refractivity contribution in [1.29, 1.82) is 0 Å². The maximum absolute atomic E-state index is 11.4. The van der Waals surface area contributed by atoms with Crippen LogP contribution in [0.3, 0.4) is 0 Å². The van der Waals surface area contributed by atoms with Gasteiger partial charge in [-0.3, -0.25) is 9.59 Å². The van der Waals surface area contributed by atoms with Gasteiger partial charge in [0.15, 0.2) is 0 Å². The topological polar surface area (TPSA) is 118 Å². The molecule has 0 unspecified atom stereocenters. The molecule has 0 aromatic carbocycles. The molecule has 2 aliphatic rings. The van der Waals surface area contributed by atoms with Crippen LogP contribution in [0.25, 0.3) is 0 Å². The summed E-state index contributed by atoms with van der Waals surface area (Å²) in [5.41, 5.74) is 0. The number of rotatable bonds is 1. The molecule has 90 valence electrons. The Morgan fingerprint density at radius 3 is 2.31 bits per heavy atom. The highest BCUT2D eigenvalue weighted by Crippen LogP contribution is 2.37. The largest absolute Gasteiger partial charge is 0.394 e. The quantitative estimate of drug-likeness (QED) is 0.363. The summed E-state index contributed by atoms with van der Waals surface area (Å²) < 4.78 is 0. The van der Waals surface area contributed by atoms with Gasteiger partial charge in [-0.2, -0.15) is 0 Å². The third-order valence-electron chi connectivity index (χ3n) is 2.84. The van der Waals surface area contributed by atoms with Gasteiger partial charge in [0, 0.05) is 0 Å². The van der Waals surface area contributed by atoms with Crippen LogP contribution in [0, 0.1) is 0 Å². The van der Waals surface area contributed by atoms with E-state index in [2.05, 4.69) is 0 Å². The summed E-state index contributed by atoms with van der Waals surface area (Å²) in [6.07, 6.45) is -4.35. The Kier molecular flexibility index (Phi) is 2.93. The molecular weight excluding hydrogens is 238 g/mol. The molecule has 0 aliphatic carbocycles. The lowest BCUT2D eigenvalue weighted by molar-refractivity contribution is -0.168. The molecule has 16 heavy (non-hydrogen) atoms. The van der Waals surface area contributed by atoms with E-state index >= 15 is 0 Å². The molecule has 2 saturated heterocycles. The first-order valence-corrected chi connectivity index (χ1v) is 5.55. The number of carbonyl (C=O) groups excluding carboxylic acids is 2. The van der Waals surface area contributed by atoms with Crippen molar-refractivity contribution in [3.8, 4) is 0 Å². The van der Waals surface area contributed by atoms with Crippen LogP contribution in [0.1, 0.15) is 0 Å². The molecule has 1 amide bonds. The minimum absolute atomic E-state index is 0.582. The predicted molar refractivity (Wildman–Crippen MR) is 52.1 cm³/mol. The summed E-state index contributed by atoms with van der Waals surface area (Å²) in [6, 6.07) is -1.06. The summed E-state index contributed by atoms with van der Waals surface area (Å²) in [4.78, 5) is 23.6. The van der Waals surface area contributed by atoms with Crippen molar-refractivity contribution in [2.75, 3.05) is 6.61 Å². The standard InChI is InChI=1S/C8H11NO6S/c10-1-2-3(11)4(12)5(13)7-9(2)6(14)8(15)16-7/h2-5,7,10-13H,1H2/t2-,3-,4+,5+,7-/m1/s1. The summed E-state index contributed by atoms with van der Waals surface area (Å²) in [5, 5.41) is 36.0. The molecule has 0 aromatic heterocycles. The maximum atomic E-state index is 11.4. The predicted octanol–water partition coefficient (Wildman–Crippen LogP) is -3.13. The van der Waals surface area contributed by atoms with Crippen LogP contribution in [0.2, 0.25) is 0 Å². The molecule has 0 aromatic rings. The van der Waals surface area contributed by atoms with Gasteiger partial charge >= 0.3 is 5.91 Å². The van der Waals surface area contributed by atoms with Gasteiger partial charge in [0.1, 0.15) is 23.7 Å². The molecule has 0 bridgehead atoms. The lowest BCUT2D eigenvalue weighted by Gasteiger charge is -2.44. The van der Waals surface area contributed by atoms with Crippen molar-refractivity contribution in [1.82, 2.24) is 4.90 Å². The van der Waals surface area contributed by atoms with Gasteiger partial charge in [-0.25, -0.2) is 0 Å². The van der Waals surface area contributed by atoms with Crippen LogP contribution in [0.5, 0.6) is 0 Å². The molecule has 2 aliphatic heterocycles. The van der Waals surface area contributed by atoms with Crippen LogP contribution in [-0.2, 0) is 9.59 Å². The summed E-state index contributed by atoms with van der Waals surface area (Å²) in [6.45, 7) is -0.582. The highest BCUT2D eigenvalue weighted by atomic mass is 32.2. The van der Waals surface area contributed by atoms with E-state index in [1.54, 1.807) is 0 Å². The van der Waals surface area contributed by atoms with Crippen LogP contribution < -0.4 is 0 Å². The Bertz CT molecular complexity index is 336. The van der Waals surface area contributed by atoms with Gasteiger partial charge < -0.3 is 25.3 Å². The fraction of sp³-hybridized carbons (Fsp3) is 0.750. The van der Waals surface area contributed by atoms with Crippen molar-refractivity contribution in [2.24, 2.45) is 0 Å². The minimum atomic E-state index is -1.48. The second kappa shape index (κ2) is 3.97. The number of fused-ring (bicyclic) bond motifs is 1. The van der Waals surface area contributed by atoms with Gasteiger partial charge in [-0.1, -0.05) is 0 Å². The molecule has 0 saturated carbocycles. The fourth-order valence-corrected chi connectivity index (χ4v) is 3.06. The normalized spacial score (nSPS) is 43.8. The zero-order valence-corrected chi connectivity index (χ0v) is 8.87. The zero-order chi connectivity index (χ0) is 12.0. The second-order valence-corrected chi connectivity index (χ2v) is 4.82. The average molecular weight is 249 g/mol. The van der Waals surface area contributed by atoms with E-state index < -0.39 is 47.4 Å². The first-order valence-electron chi connectivity index (χ1n) is 4.67. The average Bonchev–Trinajstić information content (AvgIpc) is 2.55. The number of amides is 1. The van der Waals surface area contributed by atoms with E-state index in [-0.39, 0.29) is 0 Å². The van der Waals surface area contributed by atoms with Crippen LogP contribution >= 0.6 is 11.8 Å². The van der Waals surface area contributed by atoms with E-state index in [0.717, 1.165) is 4.90 Å². The Hall–Kier alpha value is -0.670. The lowest BCUT2D eigenvalue weighted by Crippen LogP contribution is -2.65. The number of aliphatic hydroxyl groups excluding tert-OH is 4. The van der Waals surface area contributed by atoms with Crippen molar-refractivity contribution in [3.05, 3.63) is 0 Å². The maximum Gasteiger partial charge on any atom is 0.302 e. The minimum Gasteiger partial charge on any atom is -0.394 e. The number of hydrogen-bond donors (Lipinski definition) is 4. The van der Waals surface area contributed by atoms with Crippen molar-refractivity contribution < 1.29 is 30.0 Å². The van der Waals surface area contributed by atoms with Gasteiger partial charge in [0.05, 0.1) is 12.6 Å². The van der Waals surface area contributed by atoms with E-state index in [9.17, 15) is 24.9 Å². The Morgan fingerprint density at radius 2 is 1.75 bits per heavy atom. The summed E-state index contributed by atoms with van der Waals surface area (Å²) in [5.74, 6) is -0.862. The van der Waals surface area contributed by atoms with Gasteiger partial charge in [0.25, 0.3) is 5.12 Å². The molecule has 0 spiro atoms. The molecule has 7 nitrogen and oxygen atoms in total. The molecule has 2 heterocycles. The number of piperidine rings is 1. The van der Waals surface area contributed by atoms with Crippen molar-refractivity contribution in [2.45, 2.75) is 29.7 Å². The molecule has 2 fully saturated rings. The third-order valence-corrected chi connectivity index (χ3v) is 3.98. The summed E-state index contributed by atoms with van der Waals surface area (Å²) >= 11 is 0.596. The second-order valence-electron chi connectivity index (χ2n) is 3.73. The van der Waals surface area contributed by atoms with E-state index in [0.29, 0.717) is 11.8 Å². The summed E-state index contributed by atoms with van der Waals surface area (Å²) in [7, 11) is 0. The van der Waals surface area contributed by atoms with Crippen molar-refractivity contribution >= 4 is 22.8 Å². The molecular formula is C8H11NO6S. The Balaban J connectivity index is 2.35. The van der Waals surface area contributed by atoms with E-state index in [1.807, 2.05) is 0 Å². The smallest absolute Gasteiger partial charge is 0.302 e. The highest BCUT2D eigenvalue weighted by molar-refractivity contribution is 8.16. The van der Waals surface area contributed by atoms with Crippen molar-refractivity contribution in [3.63, 3.8) is 0 Å². The molecule has 5 atom stereocenters. The molecule has 8 heteroatoms. The SMILES string of the molecule is O=C1S[C@@H]2[C@@H](O)[C@@H](O)[C@H](O)[C@@H](CO)N2C1=O. The third kappa shape index (κ3) is 1.45. The Labute approximate surface area is 94.7 Å². The van der Waals surface area contributed by atoms with Crippen LogP contribution in [0.15, 0.2) is 0 Å². The van der Waals surface area contributed by atoms with E-state index in [1.165, 1.54) is 0 Å². The lowest BCUT2D eigenvalue weighted by atomic mass is 9.94. The van der Waals surface area contributed by atoms with Crippen LogP contribution in [-0.4, -0.2) is 72.7 Å². The first-order chi connectivity index (χ1) is 7.49. The number of nitrogens with zero attached hydrogens (tertiary/aromatic N) is 1. The van der Waals surface area contributed by atoms with Crippen LogP contribution in [0.4, 0.5) is 0 Å². The number of aliphatic hydroxyl groups is 4. The highest BCUT2D eigenvalue weighted by Gasteiger charge is 2.55. The van der Waals surface area contributed by atoms with Gasteiger partial charge in [0.2, 0.25) is 0 Å². The Morgan fingerprint density at radius 1 is 1.12 bits per heavy atom. The van der Waals surface area contributed by atoms with Gasteiger partial charge in [-0.05, 0) is 11.8 Å². The fourth-order valence-electron chi connectivity index (χ4n) is 1.97. The van der Waals surface area contributed by atoms with E-state index in [4.69, 9.17) is 5.11 Å². The number of carbonyl (C=O) groups is 2. The molecule has 4 N–H and O–H groups in total. The number of hydrogen-bond acceptors (Lipinski definition) is 7.